The molecule has 4 nitrogen and oxygen atoms in total. The van der Waals surface area contributed by atoms with Gasteiger partial charge in [-0.15, -0.1) is 0 Å². The van der Waals surface area contributed by atoms with E-state index >= 15 is 0 Å². The number of halogens is 1. The Hall–Kier alpha value is -0.870. The Labute approximate surface area is 81.3 Å². The molecule has 2 rings (SSSR count). The lowest BCUT2D eigenvalue weighted by Crippen LogP contribution is -2.20. The number of ether oxygens (including phenoxy) is 1. The van der Waals surface area contributed by atoms with Crippen molar-refractivity contribution in [2.24, 2.45) is 0 Å². The van der Waals surface area contributed by atoms with Crippen LogP contribution in [0.1, 0.15) is 6.42 Å². The summed E-state index contributed by atoms with van der Waals surface area (Å²) < 4.78 is 5.54. The Balaban J connectivity index is 2.04. The van der Waals surface area contributed by atoms with Gasteiger partial charge in [0.1, 0.15) is 6.10 Å². The van der Waals surface area contributed by atoms with Gasteiger partial charge in [0.15, 0.2) is 5.15 Å². The summed E-state index contributed by atoms with van der Waals surface area (Å²) in [4.78, 5) is 7.88. The smallest absolute Gasteiger partial charge is 0.252 e. The quantitative estimate of drug-likeness (QED) is 0.768. The fourth-order valence-corrected chi connectivity index (χ4v) is 1.42. The second-order valence-electron chi connectivity index (χ2n) is 2.88. The van der Waals surface area contributed by atoms with Crippen molar-refractivity contribution in [1.82, 2.24) is 15.3 Å². The summed E-state index contributed by atoms with van der Waals surface area (Å²) in [7, 11) is 0. The maximum atomic E-state index is 5.78. The molecule has 1 N–H and O–H groups in total. The largest absolute Gasteiger partial charge is 0.471 e. The van der Waals surface area contributed by atoms with E-state index in [1.165, 1.54) is 0 Å². The molecule has 0 unspecified atom stereocenters. The highest BCUT2D eigenvalue weighted by Gasteiger charge is 2.17. The fraction of sp³-hybridized carbons (Fsp3) is 0.500. The molecule has 0 bridgehead atoms. The van der Waals surface area contributed by atoms with Crippen molar-refractivity contribution in [2.75, 3.05) is 13.1 Å². The Kier molecular flexibility index (Phi) is 2.61. The molecule has 0 saturated carbocycles. The maximum absolute atomic E-state index is 5.78. The van der Waals surface area contributed by atoms with Crippen LogP contribution < -0.4 is 10.1 Å². The second kappa shape index (κ2) is 3.89. The molecule has 1 saturated heterocycles. The summed E-state index contributed by atoms with van der Waals surface area (Å²) in [6.07, 6.45) is 4.28. The monoisotopic (exact) mass is 199 g/mol. The molecule has 1 aromatic heterocycles. The topological polar surface area (TPSA) is 47.0 Å². The number of hydrogen-bond acceptors (Lipinski definition) is 4. The predicted molar refractivity (Wildman–Crippen MR) is 48.9 cm³/mol. The van der Waals surface area contributed by atoms with E-state index < -0.39 is 0 Å². The number of hydrogen-bond donors (Lipinski definition) is 1. The van der Waals surface area contributed by atoms with Gasteiger partial charge in [0.25, 0.3) is 5.88 Å². The van der Waals surface area contributed by atoms with E-state index in [4.69, 9.17) is 16.3 Å². The highest BCUT2D eigenvalue weighted by atomic mass is 35.5. The summed E-state index contributed by atoms with van der Waals surface area (Å²) in [5.41, 5.74) is 0. The summed E-state index contributed by atoms with van der Waals surface area (Å²) >= 11 is 5.78. The molecule has 0 aromatic carbocycles. The van der Waals surface area contributed by atoms with E-state index in [2.05, 4.69) is 15.3 Å². The third-order valence-electron chi connectivity index (χ3n) is 1.92. The highest BCUT2D eigenvalue weighted by Crippen LogP contribution is 2.19. The minimum Gasteiger partial charge on any atom is -0.471 e. The van der Waals surface area contributed by atoms with Crippen LogP contribution in [0.4, 0.5) is 0 Å². The van der Waals surface area contributed by atoms with Crippen molar-refractivity contribution in [3.8, 4) is 5.88 Å². The molecule has 2 heterocycles. The van der Waals surface area contributed by atoms with Gasteiger partial charge in [-0.3, -0.25) is 0 Å². The molecule has 0 aliphatic carbocycles. The average molecular weight is 200 g/mol. The normalized spacial score (nSPS) is 21.8. The van der Waals surface area contributed by atoms with Crippen molar-refractivity contribution < 1.29 is 4.74 Å². The molecule has 5 heteroatoms. The predicted octanol–water partition coefficient (Wildman–Crippen LogP) is 0.871. The van der Waals surface area contributed by atoms with Gasteiger partial charge in [-0.25, -0.2) is 9.97 Å². The lowest BCUT2D eigenvalue weighted by Gasteiger charge is -2.11. The van der Waals surface area contributed by atoms with Crippen LogP contribution >= 0.6 is 11.6 Å². The first kappa shape index (κ1) is 8.72. The molecule has 0 radical (unpaired) electrons. The first-order valence-electron chi connectivity index (χ1n) is 4.20. The van der Waals surface area contributed by atoms with E-state index in [0.717, 1.165) is 19.5 Å². The first-order chi connectivity index (χ1) is 6.36. The summed E-state index contributed by atoms with van der Waals surface area (Å²) in [5.74, 6) is 0.429. The van der Waals surface area contributed by atoms with Gasteiger partial charge in [0.2, 0.25) is 0 Å². The minimum atomic E-state index is 0.175. The fourth-order valence-electron chi connectivity index (χ4n) is 1.27. The van der Waals surface area contributed by atoms with Crippen molar-refractivity contribution >= 4 is 11.6 Å². The van der Waals surface area contributed by atoms with Crippen LogP contribution in [0.15, 0.2) is 12.4 Å². The standard InChI is InChI=1S/C8H10ClN3O/c9-7-8(12-4-3-11-7)13-6-1-2-10-5-6/h3-4,6,10H,1-2,5H2/t6-/m0/s1. The van der Waals surface area contributed by atoms with Gasteiger partial charge in [-0.05, 0) is 13.0 Å². The Morgan fingerprint density at radius 1 is 1.46 bits per heavy atom. The zero-order chi connectivity index (χ0) is 9.10. The van der Waals surface area contributed by atoms with Gasteiger partial charge < -0.3 is 10.1 Å². The number of nitrogens with zero attached hydrogens (tertiary/aromatic N) is 2. The van der Waals surface area contributed by atoms with E-state index in [1.54, 1.807) is 12.4 Å². The van der Waals surface area contributed by atoms with E-state index in [-0.39, 0.29) is 6.10 Å². The SMILES string of the molecule is Clc1nccnc1O[C@H]1CCNC1. The van der Waals surface area contributed by atoms with Crippen molar-refractivity contribution in [3.63, 3.8) is 0 Å². The van der Waals surface area contributed by atoms with E-state index in [1.807, 2.05) is 0 Å². The molecular weight excluding hydrogens is 190 g/mol. The van der Waals surface area contributed by atoms with Crippen LogP contribution in [0.2, 0.25) is 5.15 Å². The number of rotatable bonds is 2. The molecule has 1 aliphatic heterocycles. The van der Waals surface area contributed by atoms with Gasteiger partial charge in [0, 0.05) is 18.9 Å². The first-order valence-corrected chi connectivity index (χ1v) is 4.58. The van der Waals surface area contributed by atoms with Gasteiger partial charge in [-0.2, -0.15) is 0 Å². The van der Waals surface area contributed by atoms with Gasteiger partial charge >= 0.3 is 0 Å². The van der Waals surface area contributed by atoms with Crippen LogP contribution in [-0.4, -0.2) is 29.2 Å². The maximum Gasteiger partial charge on any atom is 0.252 e. The molecule has 1 aromatic rings. The number of nitrogens with one attached hydrogen (secondary N) is 1. The van der Waals surface area contributed by atoms with Crippen molar-refractivity contribution in [2.45, 2.75) is 12.5 Å². The van der Waals surface area contributed by atoms with E-state index in [0.29, 0.717) is 11.0 Å². The second-order valence-corrected chi connectivity index (χ2v) is 3.24. The highest BCUT2D eigenvalue weighted by molar-refractivity contribution is 6.30. The minimum absolute atomic E-state index is 0.175. The zero-order valence-electron chi connectivity index (χ0n) is 7.03. The Morgan fingerprint density at radius 2 is 2.31 bits per heavy atom. The van der Waals surface area contributed by atoms with Crippen LogP contribution in [-0.2, 0) is 0 Å². The third kappa shape index (κ3) is 2.08. The molecule has 0 spiro atoms. The molecular formula is C8H10ClN3O. The third-order valence-corrected chi connectivity index (χ3v) is 2.18. The van der Waals surface area contributed by atoms with Gasteiger partial charge in [0.05, 0.1) is 0 Å². The van der Waals surface area contributed by atoms with Crippen LogP contribution in [0.5, 0.6) is 5.88 Å². The molecule has 1 fully saturated rings. The summed E-state index contributed by atoms with van der Waals surface area (Å²) in [6.45, 7) is 1.84. The van der Waals surface area contributed by atoms with Gasteiger partial charge in [-0.1, -0.05) is 11.6 Å². The van der Waals surface area contributed by atoms with Crippen LogP contribution in [0, 0.1) is 0 Å². The number of aromatic nitrogens is 2. The molecule has 0 amide bonds. The van der Waals surface area contributed by atoms with Crippen LogP contribution in [0.3, 0.4) is 0 Å². The van der Waals surface area contributed by atoms with E-state index in [9.17, 15) is 0 Å². The summed E-state index contributed by atoms with van der Waals surface area (Å²) in [6, 6.07) is 0. The molecule has 1 aliphatic rings. The van der Waals surface area contributed by atoms with Crippen molar-refractivity contribution in [3.05, 3.63) is 17.5 Å². The summed E-state index contributed by atoms with van der Waals surface area (Å²) in [5, 5.41) is 3.52. The lowest BCUT2D eigenvalue weighted by molar-refractivity contribution is 0.213. The zero-order valence-corrected chi connectivity index (χ0v) is 7.79. The molecule has 13 heavy (non-hydrogen) atoms. The Morgan fingerprint density at radius 3 is 3.00 bits per heavy atom. The Bertz CT molecular complexity index is 288. The van der Waals surface area contributed by atoms with Crippen LogP contribution in [0.25, 0.3) is 0 Å². The van der Waals surface area contributed by atoms with Crippen molar-refractivity contribution in [1.29, 1.82) is 0 Å². The lowest BCUT2D eigenvalue weighted by atomic mass is 10.3. The molecule has 1 atom stereocenters. The average Bonchev–Trinajstić information content (AvgIpc) is 2.61. The molecule has 70 valence electrons.